The number of pyridine rings is 1. The molecule has 0 unspecified atom stereocenters. The van der Waals surface area contributed by atoms with Crippen LogP contribution in [0.25, 0.3) is 11.1 Å². The molecule has 2 amide bonds. The third kappa shape index (κ3) is 4.39. The summed E-state index contributed by atoms with van der Waals surface area (Å²) in [6.07, 6.45) is 5.78. The second kappa shape index (κ2) is 8.77. The van der Waals surface area contributed by atoms with Crippen LogP contribution in [0.2, 0.25) is 5.02 Å². The summed E-state index contributed by atoms with van der Waals surface area (Å²) >= 11 is 6.57. The number of rotatable bonds is 5. The number of fused-ring (bicyclic) bond motifs is 2. The zero-order valence-electron chi connectivity index (χ0n) is 20.8. The summed E-state index contributed by atoms with van der Waals surface area (Å²) in [6.45, 7) is 6.77. The van der Waals surface area contributed by atoms with Crippen molar-refractivity contribution in [3.05, 3.63) is 34.7 Å². The molecule has 4 atom stereocenters. The molecule has 0 radical (unpaired) electrons. The Balaban J connectivity index is 1.34. The maximum atomic E-state index is 13.1. The Morgan fingerprint density at radius 1 is 1.03 bits per heavy atom. The van der Waals surface area contributed by atoms with E-state index < -0.39 is 0 Å². The van der Waals surface area contributed by atoms with E-state index in [1.807, 2.05) is 12.1 Å². The Hall–Kier alpha value is -2.67. The summed E-state index contributed by atoms with van der Waals surface area (Å²) in [7, 11) is 1.68. The van der Waals surface area contributed by atoms with E-state index in [-0.39, 0.29) is 34.8 Å². The number of nitrogens with one attached hydrogen (secondary N) is 2. The first-order chi connectivity index (χ1) is 16.6. The summed E-state index contributed by atoms with van der Waals surface area (Å²) < 4.78 is 2.11. The molecule has 3 aliphatic rings. The first-order valence-corrected chi connectivity index (χ1v) is 12.9. The normalized spacial score (nSPS) is 26.3. The lowest BCUT2D eigenvalue weighted by molar-refractivity contribution is -0.124. The molecule has 8 heteroatoms. The number of Topliss-reactive ketones (excluding diaryl/α,β-unsaturated/α-hetero) is 1. The fraction of sp³-hybridized carbons (Fsp3) is 0.556. The number of aromatic nitrogens is 2. The fourth-order valence-electron chi connectivity index (χ4n) is 6.61. The topological polar surface area (TPSA) is 93.1 Å². The predicted molar refractivity (Wildman–Crippen MR) is 135 cm³/mol. The van der Waals surface area contributed by atoms with Crippen molar-refractivity contribution in [1.82, 2.24) is 14.9 Å². The molecule has 0 bridgehead atoms. The average Bonchev–Trinajstić information content (AvgIpc) is 3.52. The molecule has 2 aliphatic carbocycles. The molecular weight excluding hydrogens is 464 g/mol. The minimum Gasteiger partial charge on any atom is -0.359 e. The second-order valence-corrected chi connectivity index (χ2v) is 11.8. The van der Waals surface area contributed by atoms with Gasteiger partial charge in [0.1, 0.15) is 5.82 Å². The third-order valence-corrected chi connectivity index (χ3v) is 8.50. The zero-order valence-corrected chi connectivity index (χ0v) is 21.5. The highest BCUT2D eigenvalue weighted by molar-refractivity contribution is 6.33. The number of hydrogen-bond donors (Lipinski definition) is 2. The lowest BCUT2D eigenvalue weighted by Gasteiger charge is -2.16. The highest BCUT2D eigenvalue weighted by atomic mass is 35.5. The lowest BCUT2D eigenvalue weighted by Crippen LogP contribution is -2.27. The van der Waals surface area contributed by atoms with Crippen molar-refractivity contribution in [3.63, 3.8) is 0 Å². The molecule has 5 rings (SSSR count). The Labute approximate surface area is 211 Å². The van der Waals surface area contributed by atoms with Crippen LogP contribution in [0.3, 0.4) is 0 Å². The molecule has 1 aliphatic heterocycles. The van der Waals surface area contributed by atoms with Gasteiger partial charge in [0.15, 0.2) is 5.78 Å². The van der Waals surface area contributed by atoms with E-state index in [0.29, 0.717) is 28.4 Å². The van der Waals surface area contributed by atoms with E-state index in [2.05, 4.69) is 34.0 Å². The Bertz CT molecular complexity index is 1200. The average molecular weight is 497 g/mol. The van der Waals surface area contributed by atoms with Gasteiger partial charge in [0.05, 0.1) is 10.7 Å². The first kappa shape index (κ1) is 24.0. The van der Waals surface area contributed by atoms with Crippen molar-refractivity contribution in [2.45, 2.75) is 59.4 Å². The maximum Gasteiger partial charge on any atom is 0.228 e. The lowest BCUT2D eigenvalue weighted by atomic mass is 9.89. The van der Waals surface area contributed by atoms with Crippen LogP contribution in [0.1, 0.15) is 62.6 Å². The molecule has 2 aromatic rings. The molecular formula is C27H33ClN4O3. The SMILES string of the molecule is CNC(=O)[C@H]1C[C@@H]2C[C@@H](C(=O)Nc3cc(-c4cc(C(C)=O)n5c4CC(C)(C)C5)c(Cl)cn3)C[C@@H]2C1. The summed E-state index contributed by atoms with van der Waals surface area (Å²) in [6, 6.07) is 3.74. The van der Waals surface area contributed by atoms with Crippen molar-refractivity contribution in [3.8, 4) is 11.1 Å². The van der Waals surface area contributed by atoms with Crippen LogP contribution in [0.4, 0.5) is 5.82 Å². The summed E-state index contributed by atoms with van der Waals surface area (Å²) in [5.41, 5.74) is 3.55. The number of amides is 2. The van der Waals surface area contributed by atoms with Crippen molar-refractivity contribution in [1.29, 1.82) is 0 Å². The molecule has 2 fully saturated rings. The molecule has 3 heterocycles. The van der Waals surface area contributed by atoms with Crippen LogP contribution in [0.15, 0.2) is 18.3 Å². The molecule has 7 nitrogen and oxygen atoms in total. The monoisotopic (exact) mass is 496 g/mol. The van der Waals surface area contributed by atoms with Crippen LogP contribution >= 0.6 is 11.6 Å². The molecule has 186 valence electrons. The minimum atomic E-state index is -0.0691. The highest BCUT2D eigenvalue weighted by Gasteiger charge is 2.45. The van der Waals surface area contributed by atoms with Gasteiger partial charge in [-0.15, -0.1) is 0 Å². The van der Waals surface area contributed by atoms with Crippen LogP contribution in [0.5, 0.6) is 0 Å². The number of carbonyl (C=O) groups is 3. The quantitative estimate of drug-likeness (QED) is 0.585. The predicted octanol–water partition coefficient (Wildman–Crippen LogP) is 4.73. The van der Waals surface area contributed by atoms with Gasteiger partial charge in [0, 0.05) is 55.4 Å². The van der Waals surface area contributed by atoms with Crippen LogP contribution < -0.4 is 10.6 Å². The van der Waals surface area contributed by atoms with Gasteiger partial charge >= 0.3 is 0 Å². The molecule has 35 heavy (non-hydrogen) atoms. The Kier molecular flexibility index (Phi) is 6.02. The van der Waals surface area contributed by atoms with Crippen LogP contribution in [0, 0.1) is 29.1 Å². The number of halogens is 1. The van der Waals surface area contributed by atoms with E-state index in [4.69, 9.17) is 11.6 Å². The third-order valence-electron chi connectivity index (χ3n) is 8.20. The zero-order chi connectivity index (χ0) is 25.1. The van der Waals surface area contributed by atoms with E-state index in [1.165, 1.54) is 0 Å². The smallest absolute Gasteiger partial charge is 0.228 e. The van der Waals surface area contributed by atoms with Gasteiger partial charge in [0.2, 0.25) is 11.8 Å². The molecule has 2 N–H and O–H groups in total. The number of hydrogen-bond acceptors (Lipinski definition) is 4. The van der Waals surface area contributed by atoms with Crippen molar-refractivity contribution in [2.75, 3.05) is 12.4 Å². The van der Waals surface area contributed by atoms with Crippen molar-refractivity contribution in [2.24, 2.45) is 29.1 Å². The first-order valence-electron chi connectivity index (χ1n) is 12.5. The Morgan fingerprint density at radius 3 is 2.26 bits per heavy atom. The minimum absolute atomic E-state index is 0.0238. The van der Waals surface area contributed by atoms with Gasteiger partial charge in [-0.1, -0.05) is 25.4 Å². The van der Waals surface area contributed by atoms with E-state index in [0.717, 1.165) is 55.5 Å². The van der Waals surface area contributed by atoms with Gasteiger partial charge in [-0.3, -0.25) is 14.4 Å². The molecule has 2 aromatic heterocycles. The van der Waals surface area contributed by atoms with Crippen molar-refractivity contribution >= 4 is 35.0 Å². The standard InChI is InChI=1S/C27H33ClN4O3/c1-14(33)22-9-20(23-11-27(2,3)13-32(22)23)19-10-24(30-12-21(19)28)31-26(35)18-7-15-5-17(25(34)29-4)6-16(15)8-18/h9-10,12,15-18H,5-8,11,13H2,1-4H3,(H,29,34)(H,30,31,35)/t15-,16+,17+,18-. The van der Waals surface area contributed by atoms with E-state index in [9.17, 15) is 14.4 Å². The van der Waals surface area contributed by atoms with Gasteiger partial charge in [-0.25, -0.2) is 4.98 Å². The largest absolute Gasteiger partial charge is 0.359 e. The second-order valence-electron chi connectivity index (χ2n) is 11.4. The number of ketones is 1. The molecule has 2 saturated carbocycles. The highest BCUT2D eigenvalue weighted by Crippen LogP contribution is 2.49. The van der Waals surface area contributed by atoms with Gasteiger partial charge < -0.3 is 15.2 Å². The number of nitrogens with zero attached hydrogens (tertiary/aromatic N) is 2. The maximum absolute atomic E-state index is 13.1. The summed E-state index contributed by atoms with van der Waals surface area (Å²) in [5.74, 6) is 1.46. The number of anilines is 1. The van der Waals surface area contributed by atoms with Crippen LogP contribution in [-0.4, -0.2) is 34.2 Å². The van der Waals surface area contributed by atoms with Gasteiger partial charge in [-0.05, 0) is 61.5 Å². The molecule has 0 saturated heterocycles. The number of carbonyl (C=O) groups excluding carboxylic acids is 3. The Morgan fingerprint density at radius 2 is 1.66 bits per heavy atom. The van der Waals surface area contributed by atoms with Gasteiger partial charge in [-0.2, -0.15) is 0 Å². The van der Waals surface area contributed by atoms with Gasteiger partial charge in [0.25, 0.3) is 0 Å². The fourth-order valence-corrected chi connectivity index (χ4v) is 6.82. The van der Waals surface area contributed by atoms with E-state index in [1.54, 1.807) is 20.2 Å². The van der Waals surface area contributed by atoms with Crippen molar-refractivity contribution < 1.29 is 14.4 Å². The summed E-state index contributed by atoms with van der Waals surface area (Å²) in [4.78, 5) is 41.8. The van der Waals surface area contributed by atoms with Crippen LogP contribution in [-0.2, 0) is 22.6 Å². The molecule has 0 spiro atoms. The van der Waals surface area contributed by atoms with E-state index >= 15 is 0 Å². The summed E-state index contributed by atoms with van der Waals surface area (Å²) in [5, 5.41) is 6.26. The molecule has 0 aromatic carbocycles.